The highest BCUT2D eigenvalue weighted by atomic mass is 16.5. The second-order valence-electron chi connectivity index (χ2n) is 8.39. The quantitative estimate of drug-likeness (QED) is 0.280. The Morgan fingerprint density at radius 2 is 1.59 bits per heavy atom. The molecule has 1 amide bonds. The molecule has 1 aromatic heterocycles. The smallest absolute Gasteiger partial charge is 0.270 e. The number of nitrogens with zero attached hydrogens (tertiary/aromatic N) is 2. The van der Waals surface area contributed by atoms with Crippen molar-refractivity contribution in [2.45, 2.75) is 45.6 Å². The number of rotatable bonds is 10. The van der Waals surface area contributed by atoms with Crippen LogP contribution in [0.1, 0.15) is 50.0 Å². The van der Waals surface area contributed by atoms with Crippen LogP contribution in [0.4, 0.5) is 0 Å². The fraction of sp³-hybridized carbons (Fsp3) is 0.241. The summed E-state index contributed by atoms with van der Waals surface area (Å²) in [6.07, 6.45) is 7.37. The second kappa shape index (κ2) is 11.3. The van der Waals surface area contributed by atoms with Crippen LogP contribution in [0.25, 0.3) is 16.8 Å². The molecule has 5 nitrogen and oxygen atoms in total. The number of imidazole rings is 1. The molecule has 1 N–H and O–H groups in total. The number of ether oxygens (including phenoxy) is 1. The van der Waals surface area contributed by atoms with Crippen molar-refractivity contribution in [1.82, 2.24) is 14.9 Å². The minimum Gasteiger partial charge on any atom is -0.457 e. The number of aromatic nitrogens is 2. The van der Waals surface area contributed by atoms with Crippen molar-refractivity contribution in [1.29, 1.82) is 0 Å². The largest absolute Gasteiger partial charge is 0.457 e. The fourth-order valence-electron chi connectivity index (χ4n) is 4.09. The third-order valence-electron chi connectivity index (χ3n) is 5.77. The molecule has 0 radical (unpaired) electrons. The highest BCUT2D eigenvalue weighted by molar-refractivity contribution is 5.93. The van der Waals surface area contributed by atoms with E-state index in [9.17, 15) is 4.79 Å². The molecule has 4 aromatic rings. The van der Waals surface area contributed by atoms with Gasteiger partial charge in [0.15, 0.2) is 0 Å². The van der Waals surface area contributed by atoms with Crippen LogP contribution >= 0.6 is 0 Å². The van der Waals surface area contributed by atoms with Crippen molar-refractivity contribution in [2.75, 3.05) is 0 Å². The van der Waals surface area contributed by atoms with Gasteiger partial charge >= 0.3 is 0 Å². The Bertz CT molecular complexity index is 1190. The van der Waals surface area contributed by atoms with E-state index in [1.165, 1.54) is 0 Å². The number of carbonyl (C=O) groups is 1. The molecule has 0 saturated heterocycles. The van der Waals surface area contributed by atoms with Crippen molar-refractivity contribution >= 4 is 5.91 Å². The Balaban J connectivity index is 1.52. The van der Waals surface area contributed by atoms with Gasteiger partial charge < -0.3 is 10.1 Å². The third-order valence-corrected chi connectivity index (χ3v) is 5.77. The molecule has 34 heavy (non-hydrogen) atoms. The van der Waals surface area contributed by atoms with Gasteiger partial charge in [0.05, 0.1) is 12.5 Å². The van der Waals surface area contributed by atoms with E-state index in [0.717, 1.165) is 54.0 Å². The summed E-state index contributed by atoms with van der Waals surface area (Å²) in [7, 11) is 0. The lowest BCUT2D eigenvalue weighted by atomic mass is 10.0. The molecule has 0 spiro atoms. The van der Waals surface area contributed by atoms with Gasteiger partial charge in [0.25, 0.3) is 5.91 Å². The predicted octanol–water partition coefficient (Wildman–Crippen LogP) is 7.03. The average molecular weight is 454 g/mol. The molecule has 0 fully saturated rings. The van der Waals surface area contributed by atoms with Crippen LogP contribution in [0.2, 0.25) is 0 Å². The highest BCUT2D eigenvalue weighted by Crippen LogP contribution is 2.27. The van der Waals surface area contributed by atoms with E-state index in [-0.39, 0.29) is 11.9 Å². The van der Waals surface area contributed by atoms with Crippen molar-refractivity contribution < 1.29 is 9.53 Å². The van der Waals surface area contributed by atoms with Crippen LogP contribution in [-0.2, 0) is 0 Å². The van der Waals surface area contributed by atoms with Gasteiger partial charge in [-0.15, -0.1) is 0 Å². The zero-order chi connectivity index (χ0) is 23.8. The van der Waals surface area contributed by atoms with E-state index in [1.807, 2.05) is 71.3 Å². The molecule has 0 saturated carbocycles. The second-order valence-corrected chi connectivity index (χ2v) is 8.39. The molecule has 1 heterocycles. The van der Waals surface area contributed by atoms with E-state index in [0.29, 0.717) is 5.69 Å². The lowest BCUT2D eigenvalue weighted by Crippen LogP contribution is -2.35. The standard InChI is InChI=1S/C29H31N3O2/c1-3-9-24(10-4-2)31-29(33)28-20-30-21-32(28)25-12-8-11-23(19-25)22-15-17-27(18-16-22)34-26-13-6-5-7-14-26/h5-8,11-21,24H,3-4,9-10H2,1-2H3,(H,31,33). The highest BCUT2D eigenvalue weighted by Gasteiger charge is 2.17. The van der Waals surface area contributed by atoms with Gasteiger partial charge in [-0.25, -0.2) is 4.98 Å². The zero-order valence-electron chi connectivity index (χ0n) is 19.8. The summed E-state index contributed by atoms with van der Waals surface area (Å²) in [5.41, 5.74) is 3.56. The van der Waals surface area contributed by atoms with Gasteiger partial charge in [-0.1, -0.05) is 69.2 Å². The number of hydrogen-bond donors (Lipinski definition) is 1. The molecular weight excluding hydrogens is 422 g/mol. The van der Waals surface area contributed by atoms with Crippen molar-refractivity contribution in [3.63, 3.8) is 0 Å². The number of nitrogens with one attached hydrogen (secondary N) is 1. The summed E-state index contributed by atoms with van der Waals surface area (Å²) >= 11 is 0. The van der Waals surface area contributed by atoms with Crippen LogP contribution in [0.5, 0.6) is 11.5 Å². The number of para-hydroxylation sites is 1. The summed E-state index contributed by atoms with van der Waals surface area (Å²) in [6, 6.07) is 26.1. The maximum atomic E-state index is 13.0. The average Bonchev–Trinajstić information content (AvgIpc) is 3.36. The number of benzene rings is 3. The maximum Gasteiger partial charge on any atom is 0.270 e. The number of hydrogen-bond acceptors (Lipinski definition) is 3. The van der Waals surface area contributed by atoms with Crippen molar-refractivity contribution in [3.8, 4) is 28.3 Å². The first-order valence-electron chi connectivity index (χ1n) is 11.9. The summed E-state index contributed by atoms with van der Waals surface area (Å²) in [5.74, 6) is 1.51. The topological polar surface area (TPSA) is 56.2 Å². The van der Waals surface area contributed by atoms with Crippen LogP contribution in [-0.4, -0.2) is 21.5 Å². The van der Waals surface area contributed by atoms with Gasteiger partial charge in [-0.2, -0.15) is 0 Å². The molecule has 174 valence electrons. The first kappa shape index (κ1) is 23.3. The van der Waals surface area contributed by atoms with E-state index in [2.05, 4.69) is 36.3 Å². The lowest BCUT2D eigenvalue weighted by molar-refractivity contribution is 0.0925. The molecule has 0 unspecified atom stereocenters. The Morgan fingerprint density at radius 3 is 2.29 bits per heavy atom. The molecule has 3 aromatic carbocycles. The summed E-state index contributed by atoms with van der Waals surface area (Å²) in [5, 5.41) is 3.19. The van der Waals surface area contributed by atoms with Crippen molar-refractivity contribution in [2.24, 2.45) is 0 Å². The van der Waals surface area contributed by atoms with Gasteiger partial charge in [0.1, 0.15) is 17.2 Å². The summed E-state index contributed by atoms with van der Waals surface area (Å²) in [6.45, 7) is 4.29. The third kappa shape index (κ3) is 5.73. The molecule has 0 bridgehead atoms. The zero-order valence-corrected chi connectivity index (χ0v) is 19.8. The summed E-state index contributed by atoms with van der Waals surface area (Å²) < 4.78 is 7.75. The Kier molecular flexibility index (Phi) is 7.76. The Labute approximate surface area is 201 Å². The summed E-state index contributed by atoms with van der Waals surface area (Å²) in [4.78, 5) is 17.3. The molecule has 0 aliphatic rings. The normalized spacial score (nSPS) is 10.9. The molecule has 0 aliphatic heterocycles. The monoisotopic (exact) mass is 453 g/mol. The maximum absolute atomic E-state index is 13.0. The predicted molar refractivity (Wildman–Crippen MR) is 137 cm³/mol. The van der Waals surface area contributed by atoms with Gasteiger partial charge in [0, 0.05) is 11.7 Å². The minimum atomic E-state index is -0.0859. The van der Waals surface area contributed by atoms with E-state index in [4.69, 9.17) is 4.74 Å². The molecule has 5 heteroatoms. The fourth-order valence-corrected chi connectivity index (χ4v) is 4.09. The van der Waals surface area contributed by atoms with Crippen LogP contribution in [0, 0.1) is 0 Å². The van der Waals surface area contributed by atoms with Crippen LogP contribution < -0.4 is 10.1 Å². The minimum absolute atomic E-state index is 0.0859. The number of amides is 1. The first-order valence-corrected chi connectivity index (χ1v) is 11.9. The Morgan fingerprint density at radius 1 is 0.882 bits per heavy atom. The van der Waals surface area contributed by atoms with E-state index in [1.54, 1.807) is 12.5 Å². The van der Waals surface area contributed by atoms with Gasteiger partial charge in [0.2, 0.25) is 0 Å². The lowest BCUT2D eigenvalue weighted by Gasteiger charge is -2.18. The van der Waals surface area contributed by atoms with Crippen LogP contribution in [0.3, 0.4) is 0 Å². The number of carbonyl (C=O) groups excluding carboxylic acids is 1. The molecule has 0 atom stereocenters. The van der Waals surface area contributed by atoms with Crippen molar-refractivity contribution in [3.05, 3.63) is 97.1 Å². The first-order chi connectivity index (χ1) is 16.7. The van der Waals surface area contributed by atoms with Gasteiger partial charge in [-0.3, -0.25) is 9.36 Å². The van der Waals surface area contributed by atoms with Gasteiger partial charge in [-0.05, 0) is 60.4 Å². The molecule has 4 rings (SSSR count). The Hall–Kier alpha value is -3.86. The molecular formula is C29H31N3O2. The molecule has 0 aliphatic carbocycles. The van der Waals surface area contributed by atoms with E-state index < -0.39 is 0 Å². The van der Waals surface area contributed by atoms with Crippen LogP contribution in [0.15, 0.2) is 91.4 Å². The SMILES string of the molecule is CCCC(CCC)NC(=O)c1cncn1-c1cccc(-c2ccc(Oc3ccccc3)cc2)c1. The van der Waals surface area contributed by atoms with E-state index >= 15 is 0 Å².